The lowest BCUT2D eigenvalue weighted by atomic mass is 10.2. The van der Waals surface area contributed by atoms with Gasteiger partial charge in [-0.15, -0.1) is 0 Å². The standard InChI is InChI=1S/C11H10FN3O2S/c12-8-2-1-6(3-9(8)13)10(16)14-4-7-5-18-11(17)15-7/h1-3,5H,4,13H2,(H,14,16)(H,15,17). The molecule has 0 fully saturated rings. The molecule has 7 heteroatoms. The SMILES string of the molecule is Nc1cc(C(=O)NCc2csc(=O)[nH]2)ccc1F. The number of hydrogen-bond acceptors (Lipinski definition) is 4. The Morgan fingerprint density at radius 3 is 2.89 bits per heavy atom. The summed E-state index contributed by atoms with van der Waals surface area (Å²) in [6.07, 6.45) is 0. The predicted molar refractivity (Wildman–Crippen MR) is 66.9 cm³/mol. The highest BCUT2D eigenvalue weighted by molar-refractivity contribution is 7.07. The van der Waals surface area contributed by atoms with Crippen molar-refractivity contribution in [1.82, 2.24) is 10.3 Å². The number of aromatic amines is 1. The molecular weight excluding hydrogens is 257 g/mol. The maximum absolute atomic E-state index is 12.9. The Morgan fingerprint density at radius 2 is 2.28 bits per heavy atom. The van der Waals surface area contributed by atoms with Crippen molar-refractivity contribution in [2.45, 2.75) is 6.54 Å². The van der Waals surface area contributed by atoms with E-state index in [1.807, 2.05) is 0 Å². The van der Waals surface area contributed by atoms with Crippen molar-refractivity contribution in [2.24, 2.45) is 0 Å². The van der Waals surface area contributed by atoms with E-state index in [9.17, 15) is 14.0 Å². The average molecular weight is 267 g/mol. The number of aromatic nitrogens is 1. The first-order chi connectivity index (χ1) is 8.56. The van der Waals surface area contributed by atoms with E-state index in [1.165, 1.54) is 12.1 Å². The van der Waals surface area contributed by atoms with Crippen LogP contribution in [0.2, 0.25) is 0 Å². The largest absolute Gasteiger partial charge is 0.396 e. The van der Waals surface area contributed by atoms with Gasteiger partial charge in [-0.25, -0.2) is 4.39 Å². The molecule has 5 nitrogen and oxygen atoms in total. The molecule has 0 aliphatic rings. The minimum atomic E-state index is -0.561. The van der Waals surface area contributed by atoms with Gasteiger partial charge in [-0.05, 0) is 18.2 Å². The molecule has 4 N–H and O–H groups in total. The highest BCUT2D eigenvalue weighted by Gasteiger charge is 2.08. The van der Waals surface area contributed by atoms with Gasteiger partial charge < -0.3 is 16.0 Å². The quantitative estimate of drug-likeness (QED) is 0.727. The van der Waals surface area contributed by atoms with Crippen molar-refractivity contribution in [1.29, 1.82) is 0 Å². The van der Waals surface area contributed by atoms with Gasteiger partial charge in [-0.2, -0.15) is 0 Å². The van der Waals surface area contributed by atoms with Crippen molar-refractivity contribution < 1.29 is 9.18 Å². The first-order valence-electron chi connectivity index (χ1n) is 5.06. The number of thiazole rings is 1. The fourth-order valence-corrected chi connectivity index (χ4v) is 1.94. The van der Waals surface area contributed by atoms with E-state index in [1.54, 1.807) is 5.38 Å². The lowest BCUT2D eigenvalue weighted by molar-refractivity contribution is 0.0950. The summed E-state index contributed by atoms with van der Waals surface area (Å²) in [5.41, 5.74) is 6.18. The van der Waals surface area contributed by atoms with Crippen LogP contribution in [-0.2, 0) is 6.54 Å². The van der Waals surface area contributed by atoms with Gasteiger partial charge in [0.1, 0.15) is 5.82 Å². The molecule has 18 heavy (non-hydrogen) atoms. The molecule has 2 rings (SSSR count). The summed E-state index contributed by atoms with van der Waals surface area (Å²) in [6.45, 7) is 0.203. The Bertz CT molecular complexity index is 635. The van der Waals surface area contributed by atoms with Crippen molar-refractivity contribution in [3.05, 3.63) is 50.3 Å². The normalized spacial score (nSPS) is 10.3. The van der Waals surface area contributed by atoms with Crippen LogP contribution in [0.4, 0.5) is 10.1 Å². The maximum Gasteiger partial charge on any atom is 0.304 e. The van der Waals surface area contributed by atoms with Crippen LogP contribution < -0.4 is 15.9 Å². The molecule has 1 amide bonds. The number of carbonyl (C=O) groups excluding carboxylic acids is 1. The first-order valence-corrected chi connectivity index (χ1v) is 5.94. The fourth-order valence-electron chi connectivity index (χ4n) is 1.36. The number of rotatable bonds is 3. The molecule has 0 unspecified atom stereocenters. The van der Waals surface area contributed by atoms with Gasteiger partial charge in [0, 0.05) is 16.6 Å². The summed E-state index contributed by atoms with van der Waals surface area (Å²) in [7, 11) is 0. The number of halogens is 1. The molecule has 0 aliphatic carbocycles. The number of amides is 1. The lowest BCUT2D eigenvalue weighted by Gasteiger charge is -2.04. The van der Waals surface area contributed by atoms with Crippen LogP contribution in [0.25, 0.3) is 0 Å². The van der Waals surface area contributed by atoms with E-state index < -0.39 is 5.82 Å². The molecule has 2 aromatic rings. The Morgan fingerprint density at radius 1 is 1.50 bits per heavy atom. The Kier molecular flexibility index (Phi) is 3.42. The van der Waals surface area contributed by atoms with E-state index in [0.717, 1.165) is 17.4 Å². The maximum atomic E-state index is 12.9. The average Bonchev–Trinajstić information content (AvgIpc) is 2.75. The Balaban J connectivity index is 2.03. The molecule has 0 saturated carbocycles. The number of benzene rings is 1. The Hall–Kier alpha value is -2.15. The van der Waals surface area contributed by atoms with E-state index in [2.05, 4.69) is 10.3 Å². The van der Waals surface area contributed by atoms with Gasteiger partial charge >= 0.3 is 4.87 Å². The molecule has 1 aromatic carbocycles. The summed E-state index contributed by atoms with van der Waals surface area (Å²) in [5.74, 6) is -0.942. The highest BCUT2D eigenvalue weighted by Crippen LogP contribution is 2.12. The fraction of sp³-hybridized carbons (Fsp3) is 0.0909. The van der Waals surface area contributed by atoms with Crippen LogP contribution in [0.3, 0.4) is 0 Å². The molecule has 0 atom stereocenters. The summed E-state index contributed by atoms with van der Waals surface area (Å²) in [6, 6.07) is 3.75. The van der Waals surface area contributed by atoms with Crippen molar-refractivity contribution in [2.75, 3.05) is 5.73 Å². The zero-order chi connectivity index (χ0) is 13.1. The summed E-state index contributed by atoms with van der Waals surface area (Å²) < 4.78 is 12.9. The third-order valence-corrected chi connectivity index (χ3v) is 2.99. The number of nitrogens with two attached hydrogens (primary N) is 1. The number of hydrogen-bond donors (Lipinski definition) is 3. The number of nitrogen functional groups attached to an aromatic ring is 1. The smallest absolute Gasteiger partial charge is 0.304 e. The van der Waals surface area contributed by atoms with Gasteiger partial charge in [0.2, 0.25) is 0 Å². The van der Waals surface area contributed by atoms with Crippen molar-refractivity contribution in [3.63, 3.8) is 0 Å². The number of nitrogens with one attached hydrogen (secondary N) is 2. The third kappa shape index (κ3) is 2.75. The van der Waals surface area contributed by atoms with Gasteiger partial charge in [-0.1, -0.05) is 11.3 Å². The number of H-pyrrole nitrogens is 1. The molecule has 0 saturated heterocycles. The molecule has 0 aliphatic heterocycles. The summed E-state index contributed by atoms with van der Waals surface area (Å²) >= 11 is 1.02. The van der Waals surface area contributed by atoms with E-state index >= 15 is 0 Å². The molecule has 1 heterocycles. The molecule has 1 aromatic heterocycles. The first kappa shape index (κ1) is 12.3. The van der Waals surface area contributed by atoms with Crippen molar-refractivity contribution >= 4 is 22.9 Å². The molecular formula is C11H10FN3O2S. The van der Waals surface area contributed by atoms with E-state index in [-0.39, 0.29) is 28.6 Å². The van der Waals surface area contributed by atoms with Gasteiger partial charge in [0.25, 0.3) is 5.91 Å². The van der Waals surface area contributed by atoms with Crippen LogP contribution in [0.1, 0.15) is 16.1 Å². The van der Waals surface area contributed by atoms with Gasteiger partial charge in [0.15, 0.2) is 0 Å². The molecule has 0 spiro atoms. The van der Waals surface area contributed by atoms with Gasteiger partial charge in [-0.3, -0.25) is 9.59 Å². The van der Waals surface area contributed by atoms with Crippen LogP contribution in [0.5, 0.6) is 0 Å². The minimum Gasteiger partial charge on any atom is -0.396 e. The van der Waals surface area contributed by atoms with Crippen molar-refractivity contribution in [3.8, 4) is 0 Å². The number of anilines is 1. The van der Waals surface area contributed by atoms with Crippen LogP contribution in [-0.4, -0.2) is 10.9 Å². The predicted octanol–water partition coefficient (Wildman–Crippen LogP) is 1.09. The third-order valence-electron chi connectivity index (χ3n) is 2.27. The second-order valence-corrected chi connectivity index (χ2v) is 4.43. The molecule has 0 bridgehead atoms. The van der Waals surface area contributed by atoms with E-state index in [4.69, 9.17) is 5.73 Å². The van der Waals surface area contributed by atoms with E-state index in [0.29, 0.717) is 5.69 Å². The summed E-state index contributed by atoms with van der Waals surface area (Å²) in [5, 5.41) is 4.22. The molecule has 94 valence electrons. The summed E-state index contributed by atoms with van der Waals surface area (Å²) in [4.78, 5) is 25.0. The monoisotopic (exact) mass is 267 g/mol. The van der Waals surface area contributed by atoms with Crippen LogP contribution in [0.15, 0.2) is 28.4 Å². The second kappa shape index (κ2) is 5.01. The highest BCUT2D eigenvalue weighted by atomic mass is 32.1. The topological polar surface area (TPSA) is 88.0 Å². The molecule has 0 radical (unpaired) electrons. The Labute approximate surface area is 105 Å². The van der Waals surface area contributed by atoms with Crippen LogP contribution in [0, 0.1) is 5.82 Å². The lowest BCUT2D eigenvalue weighted by Crippen LogP contribution is -2.23. The zero-order valence-corrected chi connectivity index (χ0v) is 10.0. The number of carbonyl (C=O) groups is 1. The van der Waals surface area contributed by atoms with Crippen LogP contribution >= 0.6 is 11.3 Å². The van der Waals surface area contributed by atoms with Gasteiger partial charge in [0.05, 0.1) is 12.2 Å². The second-order valence-electron chi connectivity index (χ2n) is 3.59. The zero-order valence-electron chi connectivity index (χ0n) is 9.20. The minimum absolute atomic E-state index is 0.0772.